The molecule has 0 aromatic carbocycles. The number of hydrogen-bond donors (Lipinski definition) is 2. The summed E-state index contributed by atoms with van der Waals surface area (Å²) in [7, 11) is -9.45. The molecule has 2 N–H and O–H groups in total. The Hall–Kier alpha value is -0.780. The molecule has 0 rings (SSSR count). The number of nitro groups is 1. The van der Waals surface area contributed by atoms with Crippen LogP contribution in [0.15, 0.2) is 0 Å². The van der Waals surface area contributed by atoms with Gasteiger partial charge in [0.2, 0.25) is 0 Å². The normalized spacial score (nSPS) is 15.0. The third kappa shape index (κ3) is 5.06. The van der Waals surface area contributed by atoms with E-state index >= 15 is 0 Å². The molecule has 0 aliphatic rings. The number of nitrogens with zero attached hydrogens (tertiary/aromatic N) is 1. The highest BCUT2D eigenvalue weighted by Gasteiger charge is 2.35. The topological polar surface area (TPSA) is 152 Å². The van der Waals surface area contributed by atoms with Crippen LogP contribution < -0.4 is 0 Å². The van der Waals surface area contributed by atoms with E-state index in [0.29, 0.717) is 0 Å². The molecular weight excluding hydrogens is 242 g/mol. The van der Waals surface area contributed by atoms with Crippen LogP contribution in [0.1, 0.15) is 6.42 Å². The van der Waals surface area contributed by atoms with Gasteiger partial charge in [0.1, 0.15) is 0 Å². The van der Waals surface area contributed by atoms with Crippen molar-refractivity contribution < 1.29 is 30.9 Å². The fraction of sp³-hybridized carbons (Fsp3) is 1.00. The average molecular weight is 249 g/mol. The van der Waals surface area contributed by atoms with E-state index in [1.54, 1.807) is 0 Å². The van der Waals surface area contributed by atoms with Crippen molar-refractivity contribution in [2.24, 2.45) is 0 Å². The quantitative estimate of drug-likeness (QED) is 0.348. The van der Waals surface area contributed by atoms with Gasteiger partial charge in [0.15, 0.2) is 0 Å². The van der Waals surface area contributed by atoms with Gasteiger partial charge in [0, 0.05) is 11.3 Å². The SMILES string of the molecule is O=[N+]([O-])C(CCS(=O)(=O)O)S(=O)(=O)O. The van der Waals surface area contributed by atoms with Crippen molar-refractivity contribution in [3.8, 4) is 0 Å². The molecule has 1 unspecified atom stereocenters. The minimum Gasteiger partial charge on any atom is -0.286 e. The van der Waals surface area contributed by atoms with E-state index in [4.69, 9.17) is 9.11 Å². The fourth-order valence-electron chi connectivity index (χ4n) is 0.613. The van der Waals surface area contributed by atoms with Gasteiger partial charge >= 0.3 is 15.5 Å². The smallest absolute Gasteiger partial charge is 0.286 e. The maximum Gasteiger partial charge on any atom is 0.335 e. The zero-order chi connectivity index (χ0) is 11.6. The van der Waals surface area contributed by atoms with Crippen LogP contribution in [0.4, 0.5) is 0 Å². The summed E-state index contributed by atoms with van der Waals surface area (Å²) in [6, 6.07) is 0. The Morgan fingerprint density at radius 2 is 1.64 bits per heavy atom. The first-order valence-corrected chi connectivity index (χ1v) is 6.20. The van der Waals surface area contributed by atoms with E-state index < -0.39 is 42.7 Å². The molecular formula is C3H7NO8S2. The van der Waals surface area contributed by atoms with Crippen LogP contribution in [0.3, 0.4) is 0 Å². The molecule has 0 aliphatic carbocycles. The third-order valence-corrected chi connectivity index (χ3v) is 3.05. The molecule has 0 spiro atoms. The second kappa shape index (κ2) is 4.16. The number of rotatable bonds is 5. The van der Waals surface area contributed by atoms with Crippen molar-refractivity contribution in [1.82, 2.24) is 0 Å². The van der Waals surface area contributed by atoms with Gasteiger partial charge in [0.05, 0.1) is 5.75 Å². The van der Waals surface area contributed by atoms with Crippen LogP contribution in [0.2, 0.25) is 0 Å². The second-order valence-electron chi connectivity index (χ2n) is 2.33. The first kappa shape index (κ1) is 13.2. The molecule has 84 valence electrons. The predicted octanol–water partition coefficient (Wildman–Crippen LogP) is -1.25. The van der Waals surface area contributed by atoms with Gasteiger partial charge in [0.25, 0.3) is 10.1 Å². The largest absolute Gasteiger partial charge is 0.335 e. The Morgan fingerprint density at radius 3 is 1.86 bits per heavy atom. The molecule has 0 aromatic heterocycles. The highest BCUT2D eigenvalue weighted by Crippen LogP contribution is 2.06. The Labute approximate surface area is 79.4 Å². The highest BCUT2D eigenvalue weighted by atomic mass is 32.2. The van der Waals surface area contributed by atoms with Crippen molar-refractivity contribution in [1.29, 1.82) is 0 Å². The molecule has 0 radical (unpaired) electrons. The molecule has 9 nitrogen and oxygen atoms in total. The molecule has 0 saturated carbocycles. The van der Waals surface area contributed by atoms with Crippen LogP contribution in [-0.4, -0.2) is 42.0 Å². The van der Waals surface area contributed by atoms with Gasteiger partial charge in [-0.2, -0.15) is 16.8 Å². The molecule has 1 atom stereocenters. The van der Waals surface area contributed by atoms with Gasteiger partial charge in [-0.15, -0.1) is 0 Å². The lowest BCUT2D eigenvalue weighted by Gasteiger charge is -2.04. The van der Waals surface area contributed by atoms with E-state index in [1.165, 1.54) is 0 Å². The lowest BCUT2D eigenvalue weighted by Crippen LogP contribution is -2.31. The predicted molar refractivity (Wildman–Crippen MR) is 43.4 cm³/mol. The van der Waals surface area contributed by atoms with Gasteiger partial charge in [-0.25, -0.2) is 0 Å². The molecule has 0 amide bonds. The minimum atomic E-state index is -4.96. The monoisotopic (exact) mass is 249 g/mol. The van der Waals surface area contributed by atoms with Crippen molar-refractivity contribution in [3.05, 3.63) is 10.1 Å². The zero-order valence-electron chi connectivity index (χ0n) is 6.60. The second-order valence-corrected chi connectivity index (χ2v) is 5.48. The van der Waals surface area contributed by atoms with Gasteiger partial charge in [-0.05, 0) is 0 Å². The van der Waals surface area contributed by atoms with Crippen molar-refractivity contribution in [2.45, 2.75) is 11.8 Å². The molecule has 0 heterocycles. The lowest BCUT2D eigenvalue weighted by atomic mass is 10.5. The Balaban J connectivity index is 4.68. The Bertz CT molecular complexity index is 406. The van der Waals surface area contributed by atoms with E-state index in [0.717, 1.165) is 0 Å². The van der Waals surface area contributed by atoms with E-state index in [2.05, 4.69) is 0 Å². The lowest BCUT2D eigenvalue weighted by molar-refractivity contribution is -0.498. The van der Waals surface area contributed by atoms with Crippen molar-refractivity contribution in [3.63, 3.8) is 0 Å². The standard InChI is InChI=1S/C3H7NO8S2/c5-4(6)3(14(10,11)12)1-2-13(7,8)9/h3H,1-2H2,(H,7,8,9)(H,10,11,12). The minimum absolute atomic E-state index is 1.01. The summed E-state index contributed by atoms with van der Waals surface area (Å²) in [5.41, 5.74) is 0. The number of hydrogen-bond acceptors (Lipinski definition) is 6. The molecule has 0 saturated heterocycles. The summed E-state index contributed by atoms with van der Waals surface area (Å²) in [4.78, 5) is 8.71. The maximum absolute atomic E-state index is 10.3. The van der Waals surface area contributed by atoms with Gasteiger partial charge < -0.3 is 0 Å². The van der Waals surface area contributed by atoms with Crippen LogP contribution >= 0.6 is 0 Å². The van der Waals surface area contributed by atoms with Crippen molar-refractivity contribution in [2.75, 3.05) is 5.75 Å². The van der Waals surface area contributed by atoms with E-state index in [1.807, 2.05) is 0 Å². The summed E-state index contributed by atoms with van der Waals surface area (Å²) < 4.78 is 57.4. The first-order valence-electron chi connectivity index (χ1n) is 3.09. The van der Waals surface area contributed by atoms with Gasteiger partial charge in [-0.3, -0.25) is 19.2 Å². The molecule has 11 heteroatoms. The van der Waals surface area contributed by atoms with E-state index in [-0.39, 0.29) is 0 Å². The summed E-state index contributed by atoms with van der Waals surface area (Å²) in [6.07, 6.45) is -1.01. The summed E-state index contributed by atoms with van der Waals surface area (Å²) >= 11 is 0. The molecule has 0 aliphatic heterocycles. The summed E-state index contributed by atoms with van der Waals surface area (Å²) in [5, 5.41) is 7.61. The third-order valence-electron chi connectivity index (χ3n) is 1.20. The van der Waals surface area contributed by atoms with Crippen LogP contribution in [-0.2, 0) is 20.2 Å². The van der Waals surface area contributed by atoms with Crippen LogP contribution in [0.5, 0.6) is 0 Å². The maximum atomic E-state index is 10.3. The fourth-order valence-corrected chi connectivity index (χ4v) is 1.92. The molecule has 0 fully saturated rings. The van der Waals surface area contributed by atoms with Crippen LogP contribution in [0.25, 0.3) is 0 Å². The van der Waals surface area contributed by atoms with E-state index in [9.17, 15) is 26.9 Å². The summed E-state index contributed by atoms with van der Waals surface area (Å²) in [5.74, 6) is -1.11. The molecule has 0 bridgehead atoms. The molecule has 0 aromatic rings. The molecule has 14 heavy (non-hydrogen) atoms. The summed E-state index contributed by atoms with van der Waals surface area (Å²) in [6.45, 7) is 0. The van der Waals surface area contributed by atoms with Crippen LogP contribution in [0, 0.1) is 10.1 Å². The first-order chi connectivity index (χ1) is 6.04. The Kier molecular flexibility index (Phi) is 3.93. The average Bonchev–Trinajstić information content (AvgIpc) is 1.79. The van der Waals surface area contributed by atoms with Gasteiger partial charge in [-0.1, -0.05) is 0 Å². The van der Waals surface area contributed by atoms with Crippen molar-refractivity contribution >= 4 is 20.2 Å². The zero-order valence-corrected chi connectivity index (χ0v) is 8.23. The Morgan fingerprint density at radius 1 is 1.21 bits per heavy atom. The highest BCUT2D eigenvalue weighted by molar-refractivity contribution is 7.87.